The highest BCUT2D eigenvalue weighted by Gasteiger charge is 2.41. The fourth-order valence-corrected chi connectivity index (χ4v) is 3.90. The number of nitrogens with zero attached hydrogens (tertiary/aromatic N) is 1. The Labute approximate surface area is 119 Å². The molecule has 1 heterocycles. The summed E-state index contributed by atoms with van der Waals surface area (Å²) in [6, 6.07) is 0. The van der Waals surface area contributed by atoms with Crippen molar-refractivity contribution in [3.63, 3.8) is 0 Å². The lowest BCUT2D eigenvalue weighted by atomic mass is 9.75. The number of ketones is 1. The number of hydrogen-bond donors (Lipinski definition) is 0. The zero-order valence-corrected chi connectivity index (χ0v) is 13.1. The minimum atomic E-state index is -0.564. The van der Waals surface area contributed by atoms with Crippen molar-refractivity contribution in [2.45, 2.75) is 58.5 Å². The van der Waals surface area contributed by atoms with E-state index in [1.54, 1.807) is 18.4 Å². The molecule has 2 unspecified atom stereocenters. The molecule has 4 heteroatoms. The van der Waals surface area contributed by atoms with Crippen LogP contribution in [0.2, 0.25) is 0 Å². The van der Waals surface area contributed by atoms with E-state index in [9.17, 15) is 4.79 Å². The number of thiazole rings is 1. The maximum Gasteiger partial charge on any atom is 0.171 e. The van der Waals surface area contributed by atoms with Gasteiger partial charge in [-0.3, -0.25) is 4.79 Å². The van der Waals surface area contributed by atoms with Crippen molar-refractivity contribution in [1.29, 1.82) is 0 Å². The predicted molar refractivity (Wildman–Crippen MR) is 77.7 cm³/mol. The zero-order valence-electron chi connectivity index (χ0n) is 12.3. The summed E-state index contributed by atoms with van der Waals surface area (Å²) in [6.07, 6.45) is 4.41. The van der Waals surface area contributed by atoms with E-state index in [4.69, 9.17) is 4.74 Å². The van der Waals surface area contributed by atoms with E-state index in [1.807, 2.05) is 6.92 Å². The number of ether oxygens (including phenoxy) is 1. The average molecular weight is 281 g/mol. The molecule has 2 rings (SSSR count). The second-order valence-electron chi connectivity index (χ2n) is 5.75. The van der Waals surface area contributed by atoms with E-state index in [-0.39, 0.29) is 5.78 Å². The highest BCUT2D eigenvalue weighted by atomic mass is 32.1. The molecule has 0 amide bonds. The minimum Gasteiger partial charge on any atom is -0.370 e. The maximum atomic E-state index is 12.6. The van der Waals surface area contributed by atoms with E-state index in [2.05, 4.69) is 18.8 Å². The molecule has 1 fully saturated rings. The van der Waals surface area contributed by atoms with Crippen molar-refractivity contribution >= 4 is 17.1 Å². The SMILES string of the molecule is COC1(C(=O)Cc2nc(C)c(C)s2)CCCC(C)C1. The van der Waals surface area contributed by atoms with Crippen LogP contribution < -0.4 is 0 Å². The normalized spacial score (nSPS) is 27.5. The molecule has 1 aromatic rings. The fourth-order valence-electron chi connectivity index (χ4n) is 2.97. The summed E-state index contributed by atoms with van der Waals surface area (Å²) in [5.74, 6) is 0.771. The molecule has 0 aromatic carbocycles. The average Bonchev–Trinajstić information content (AvgIpc) is 2.68. The smallest absolute Gasteiger partial charge is 0.171 e. The molecule has 1 aromatic heterocycles. The Morgan fingerprint density at radius 1 is 1.53 bits per heavy atom. The third kappa shape index (κ3) is 3.06. The molecular weight excluding hydrogens is 258 g/mol. The Hall–Kier alpha value is -0.740. The quantitative estimate of drug-likeness (QED) is 0.848. The first-order chi connectivity index (χ1) is 8.97. The van der Waals surface area contributed by atoms with Crippen LogP contribution in [0.1, 0.15) is 48.2 Å². The molecule has 0 saturated heterocycles. The highest BCUT2D eigenvalue weighted by molar-refractivity contribution is 7.11. The molecule has 0 bridgehead atoms. The van der Waals surface area contributed by atoms with Gasteiger partial charge in [-0.1, -0.05) is 13.3 Å². The molecule has 0 aliphatic heterocycles. The van der Waals surface area contributed by atoms with Crippen LogP contribution in [-0.4, -0.2) is 23.5 Å². The Kier molecular flexibility index (Phi) is 4.41. The second kappa shape index (κ2) is 5.71. The molecule has 0 spiro atoms. The molecule has 0 radical (unpaired) electrons. The topological polar surface area (TPSA) is 39.2 Å². The van der Waals surface area contributed by atoms with Crippen LogP contribution in [0.3, 0.4) is 0 Å². The monoisotopic (exact) mass is 281 g/mol. The van der Waals surface area contributed by atoms with Crippen LogP contribution >= 0.6 is 11.3 Å². The lowest BCUT2D eigenvalue weighted by Gasteiger charge is -2.37. The molecular formula is C15H23NO2S. The van der Waals surface area contributed by atoms with Crippen LogP contribution in [0.15, 0.2) is 0 Å². The molecule has 106 valence electrons. The van der Waals surface area contributed by atoms with Crippen molar-refractivity contribution < 1.29 is 9.53 Å². The number of carbonyl (C=O) groups is 1. The third-order valence-corrected chi connectivity index (χ3v) is 5.31. The van der Waals surface area contributed by atoms with Crippen molar-refractivity contribution in [2.75, 3.05) is 7.11 Å². The largest absolute Gasteiger partial charge is 0.370 e. The highest BCUT2D eigenvalue weighted by Crippen LogP contribution is 2.36. The van der Waals surface area contributed by atoms with Crippen LogP contribution in [0, 0.1) is 19.8 Å². The first kappa shape index (κ1) is 14.7. The van der Waals surface area contributed by atoms with Gasteiger partial charge in [0.2, 0.25) is 0 Å². The van der Waals surface area contributed by atoms with Gasteiger partial charge < -0.3 is 4.74 Å². The van der Waals surface area contributed by atoms with Gasteiger partial charge in [0.1, 0.15) is 10.6 Å². The maximum absolute atomic E-state index is 12.6. The predicted octanol–water partition coefficient (Wildman–Crippen LogP) is 3.47. The number of Topliss-reactive ketones (excluding diaryl/α,β-unsaturated/α-hetero) is 1. The Bertz CT molecular complexity index is 449. The lowest BCUT2D eigenvalue weighted by molar-refractivity contribution is -0.146. The van der Waals surface area contributed by atoms with Gasteiger partial charge in [0.05, 0.1) is 12.1 Å². The van der Waals surface area contributed by atoms with Gasteiger partial charge >= 0.3 is 0 Å². The third-order valence-electron chi connectivity index (χ3n) is 4.24. The standard InChI is InChI=1S/C15H23NO2S/c1-10-6-5-7-15(9-10,18-4)13(17)8-14-16-11(2)12(3)19-14/h10H,5-9H2,1-4H3. The Morgan fingerprint density at radius 2 is 2.26 bits per heavy atom. The summed E-state index contributed by atoms with van der Waals surface area (Å²) in [6.45, 7) is 6.25. The minimum absolute atomic E-state index is 0.204. The number of rotatable bonds is 4. The van der Waals surface area contributed by atoms with Crippen LogP contribution in [0.5, 0.6) is 0 Å². The summed E-state index contributed by atoms with van der Waals surface area (Å²) in [5.41, 5.74) is 0.474. The van der Waals surface area contributed by atoms with Gasteiger partial charge in [0.25, 0.3) is 0 Å². The molecule has 1 saturated carbocycles. The number of carbonyl (C=O) groups excluding carboxylic acids is 1. The number of hydrogen-bond acceptors (Lipinski definition) is 4. The molecule has 2 atom stereocenters. The van der Waals surface area contributed by atoms with Gasteiger partial charge in [0, 0.05) is 12.0 Å². The van der Waals surface area contributed by atoms with Crippen molar-refractivity contribution in [2.24, 2.45) is 5.92 Å². The molecule has 19 heavy (non-hydrogen) atoms. The van der Waals surface area contributed by atoms with Crippen molar-refractivity contribution in [1.82, 2.24) is 4.98 Å². The molecule has 1 aliphatic carbocycles. The summed E-state index contributed by atoms with van der Waals surface area (Å²) in [7, 11) is 1.67. The van der Waals surface area contributed by atoms with Gasteiger partial charge in [-0.2, -0.15) is 0 Å². The van der Waals surface area contributed by atoms with Gasteiger partial charge in [-0.05, 0) is 39.0 Å². The number of methoxy groups -OCH3 is 1. The lowest BCUT2D eigenvalue weighted by Crippen LogP contribution is -2.45. The zero-order chi connectivity index (χ0) is 14.0. The first-order valence-corrected chi connectivity index (χ1v) is 7.80. The van der Waals surface area contributed by atoms with Crippen LogP contribution in [0.25, 0.3) is 0 Å². The van der Waals surface area contributed by atoms with Crippen LogP contribution in [-0.2, 0) is 16.0 Å². The molecule has 3 nitrogen and oxygen atoms in total. The van der Waals surface area contributed by atoms with E-state index >= 15 is 0 Å². The Morgan fingerprint density at radius 3 is 2.79 bits per heavy atom. The second-order valence-corrected chi connectivity index (χ2v) is 7.04. The van der Waals surface area contributed by atoms with E-state index < -0.39 is 5.60 Å². The first-order valence-electron chi connectivity index (χ1n) is 6.98. The molecule has 0 N–H and O–H groups in total. The fraction of sp³-hybridized carbons (Fsp3) is 0.733. The summed E-state index contributed by atoms with van der Waals surface area (Å²) >= 11 is 1.63. The van der Waals surface area contributed by atoms with E-state index in [1.165, 1.54) is 11.3 Å². The van der Waals surface area contributed by atoms with Crippen molar-refractivity contribution in [3.05, 3.63) is 15.6 Å². The van der Waals surface area contributed by atoms with Crippen LogP contribution in [0.4, 0.5) is 0 Å². The number of aryl methyl sites for hydroxylation is 2. The van der Waals surface area contributed by atoms with E-state index in [0.717, 1.165) is 30.0 Å². The summed E-state index contributed by atoms with van der Waals surface area (Å²) < 4.78 is 5.65. The van der Waals surface area contributed by atoms with Gasteiger partial charge in [-0.25, -0.2) is 4.98 Å². The van der Waals surface area contributed by atoms with E-state index in [0.29, 0.717) is 12.3 Å². The van der Waals surface area contributed by atoms with Gasteiger partial charge in [0.15, 0.2) is 5.78 Å². The summed E-state index contributed by atoms with van der Waals surface area (Å²) in [4.78, 5) is 18.3. The Balaban J connectivity index is 2.12. The van der Waals surface area contributed by atoms with Gasteiger partial charge in [-0.15, -0.1) is 11.3 Å². The molecule has 1 aliphatic rings. The summed E-state index contributed by atoms with van der Waals surface area (Å²) in [5, 5.41) is 0.926. The number of aromatic nitrogens is 1. The van der Waals surface area contributed by atoms with Crippen molar-refractivity contribution in [3.8, 4) is 0 Å².